The second kappa shape index (κ2) is 10.0. The summed E-state index contributed by atoms with van der Waals surface area (Å²) in [5, 5.41) is 5.70. The van der Waals surface area contributed by atoms with Gasteiger partial charge in [-0.05, 0) is 37.2 Å². The van der Waals surface area contributed by atoms with Gasteiger partial charge in [-0.1, -0.05) is 50.1 Å². The number of carbonyl (C=O) groups is 2. The van der Waals surface area contributed by atoms with E-state index in [4.69, 9.17) is 0 Å². The van der Waals surface area contributed by atoms with Crippen LogP contribution in [0.4, 0.5) is 0 Å². The molecule has 0 aromatic heterocycles. The minimum Gasteiger partial charge on any atom is -0.357 e. The van der Waals surface area contributed by atoms with Crippen LogP contribution < -0.4 is 10.6 Å². The van der Waals surface area contributed by atoms with Crippen LogP contribution in [0.1, 0.15) is 51.0 Å². The molecule has 2 rings (SSSR count). The monoisotopic (exact) mass is 376 g/mol. The van der Waals surface area contributed by atoms with E-state index in [1.165, 1.54) is 12.8 Å². The van der Waals surface area contributed by atoms with Crippen molar-refractivity contribution in [2.24, 2.45) is 11.3 Å². The summed E-state index contributed by atoms with van der Waals surface area (Å²) < 4.78 is 0. The quantitative estimate of drug-likeness (QED) is 0.609. The van der Waals surface area contributed by atoms with Gasteiger partial charge in [0.15, 0.2) is 0 Å². The van der Waals surface area contributed by atoms with Gasteiger partial charge in [0.2, 0.25) is 11.8 Å². The Balaban J connectivity index is 2.06. The average Bonchev–Trinajstić information content (AvgIpc) is 2.68. The molecule has 1 atom stereocenters. The number of nitrogens with one attached hydrogen (secondary N) is 2. The first kappa shape index (κ1) is 20.8. The van der Waals surface area contributed by atoms with Crippen LogP contribution in [0.25, 0.3) is 0 Å². The van der Waals surface area contributed by atoms with Crippen molar-refractivity contribution in [2.75, 3.05) is 12.8 Å². The molecule has 1 aromatic rings. The number of rotatable bonds is 8. The summed E-state index contributed by atoms with van der Waals surface area (Å²) in [7, 11) is 1.61. The fourth-order valence-corrected chi connectivity index (χ4v) is 4.39. The number of hydrogen-bond donors (Lipinski definition) is 3. The number of thiol groups is 1. The summed E-state index contributed by atoms with van der Waals surface area (Å²) in [4.78, 5) is 25.4. The third-order valence-corrected chi connectivity index (χ3v) is 6.30. The molecule has 1 aromatic carbocycles. The molecule has 2 amide bonds. The highest BCUT2D eigenvalue weighted by molar-refractivity contribution is 7.80. The summed E-state index contributed by atoms with van der Waals surface area (Å²) in [5.41, 5.74) is 0.587. The van der Waals surface area contributed by atoms with E-state index in [1.54, 1.807) is 7.05 Å². The van der Waals surface area contributed by atoms with Gasteiger partial charge in [-0.3, -0.25) is 9.59 Å². The Morgan fingerprint density at radius 1 is 1.23 bits per heavy atom. The van der Waals surface area contributed by atoms with Gasteiger partial charge in [-0.15, -0.1) is 0 Å². The van der Waals surface area contributed by atoms with E-state index in [1.807, 2.05) is 30.3 Å². The largest absolute Gasteiger partial charge is 0.357 e. The van der Waals surface area contributed by atoms with Gasteiger partial charge in [0.25, 0.3) is 0 Å². The molecule has 0 unspecified atom stereocenters. The van der Waals surface area contributed by atoms with Gasteiger partial charge in [0, 0.05) is 19.2 Å². The van der Waals surface area contributed by atoms with Crippen molar-refractivity contribution >= 4 is 24.4 Å². The van der Waals surface area contributed by atoms with Crippen molar-refractivity contribution in [1.29, 1.82) is 0 Å². The highest BCUT2D eigenvalue weighted by atomic mass is 32.1. The Morgan fingerprint density at radius 3 is 2.42 bits per heavy atom. The van der Waals surface area contributed by atoms with Crippen LogP contribution in [0.2, 0.25) is 0 Å². The predicted octanol–water partition coefficient (Wildman–Crippen LogP) is 3.37. The minimum absolute atomic E-state index is 0.0213. The van der Waals surface area contributed by atoms with Crippen molar-refractivity contribution in [3.05, 3.63) is 35.9 Å². The van der Waals surface area contributed by atoms with Crippen molar-refractivity contribution in [1.82, 2.24) is 10.6 Å². The maximum absolute atomic E-state index is 13.1. The summed E-state index contributed by atoms with van der Waals surface area (Å²) >= 11 is 4.51. The van der Waals surface area contributed by atoms with E-state index in [9.17, 15) is 9.59 Å². The standard InChI is InChI=1S/C21H32N2O2S/c1-3-7-16-10-12-21(15-26,13-11-16)20(25)23-18(19(24)22-2)14-17-8-5-4-6-9-17/h4-6,8-9,16,18,26H,3,7,10-15H2,1-2H3,(H,22,24)(H,23,25)/t16-,18-,21+/m0/s1. The molecule has 4 nitrogen and oxygen atoms in total. The lowest BCUT2D eigenvalue weighted by Crippen LogP contribution is -2.53. The molecule has 0 spiro atoms. The van der Waals surface area contributed by atoms with E-state index in [2.05, 4.69) is 30.2 Å². The molecular formula is C21H32N2O2S. The Bertz CT molecular complexity index is 583. The first-order valence-electron chi connectivity index (χ1n) is 9.72. The van der Waals surface area contributed by atoms with Crippen LogP contribution in [0.15, 0.2) is 30.3 Å². The lowest BCUT2D eigenvalue weighted by molar-refractivity contribution is -0.136. The highest BCUT2D eigenvalue weighted by Crippen LogP contribution is 2.41. The molecule has 2 N–H and O–H groups in total. The van der Waals surface area contributed by atoms with E-state index in [0.29, 0.717) is 12.2 Å². The normalized spacial score (nSPS) is 23.9. The zero-order valence-electron chi connectivity index (χ0n) is 16.0. The molecule has 1 aliphatic carbocycles. The van der Waals surface area contributed by atoms with Gasteiger partial charge in [-0.25, -0.2) is 0 Å². The van der Waals surface area contributed by atoms with Crippen LogP contribution in [-0.4, -0.2) is 30.7 Å². The Morgan fingerprint density at radius 2 is 1.88 bits per heavy atom. The summed E-state index contributed by atoms with van der Waals surface area (Å²) in [6.45, 7) is 2.21. The molecule has 26 heavy (non-hydrogen) atoms. The number of likely N-dealkylation sites (N-methyl/N-ethyl adjacent to an activating group) is 1. The fourth-order valence-electron chi connectivity index (χ4n) is 3.93. The molecule has 1 fully saturated rings. The van der Waals surface area contributed by atoms with Gasteiger partial charge >= 0.3 is 0 Å². The van der Waals surface area contributed by atoms with Crippen LogP contribution in [0, 0.1) is 11.3 Å². The van der Waals surface area contributed by atoms with Crippen LogP contribution in [-0.2, 0) is 16.0 Å². The summed E-state index contributed by atoms with van der Waals surface area (Å²) in [5.74, 6) is 1.08. The lowest BCUT2D eigenvalue weighted by Gasteiger charge is -2.38. The van der Waals surface area contributed by atoms with Gasteiger partial charge < -0.3 is 10.6 Å². The fraction of sp³-hybridized carbons (Fsp3) is 0.619. The van der Waals surface area contributed by atoms with Gasteiger partial charge in [0.1, 0.15) is 6.04 Å². The third-order valence-electron chi connectivity index (χ3n) is 5.69. The minimum atomic E-state index is -0.556. The van der Waals surface area contributed by atoms with E-state index >= 15 is 0 Å². The number of benzene rings is 1. The molecule has 0 saturated heterocycles. The molecule has 0 radical (unpaired) electrons. The van der Waals surface area contributed by atoms with Crippen LogP contribution in [0.5, 0.6) is 0 Å². The number of amides is 2. The van der Waals surface area contributed by atoms with Crippen molar-refractivity contribution < 1.29 is 9.59 Å². The highest BCUT2D eigenvalue weighted by Gasteiger charge is 2.41. The third kappa shape index (κ3) is 5.26. The molecule has 0 heterocycles. The predicted molar refractivity (Wildman–Crippen MR) is 109 cm³/mol. The molecule has 144 valence electrons. The smallest absolute Gasteiger partial charge is 0.242 e. The SMILES string of the molecule is CCC[C@H]1CC[C@@](CS)(C(=O)N[C@@H](Cc2ccccc2)C(=O)NC)CC1. The van der Waals surface area contributed by atoms with Gasteiger partial charge in [-0.2, -0.15) is 12.6 Å². The maximum Gasteiger partial charge on any atom is 0.242 e. The Kier molecular flexibility index (Phi) is 8.01. The molecule has 1 aliphatic rings. The van der Waals surface area contributed by atoms with Crippen molar-refractivity contribution in [3.8, 4) is 0 Å². The number of carbonyl (C=O) groups excluding carboxylic acids is 2. The Labute approximate surface area is 162 Å². The molecular weight excluding hydrogens is 344 g/mol. The molecule has 1 saturated carbocycles. The summed E-state index contributed by atoms with van der Waals surface area (Å²) in [6.07, 6.45) is 6.79. The van der Waals surface area contributed by atoms with Crippen LogP contribution in [0.3, 0.4) is 0 Å². The Hall–Kier alpha value is -1.49. The van der Waals surface area contributed by atoms with Crippen molar-refractivity contribution in [2.45, 2.75) is 57.9 Å². The van der Waals surface area contributed by atoms with E-state index < -0.39 is 11.5 Å². The number of hydrogen-bond acceptors (Lipinski definition) is 3. The second-order valence-electron chi connectivity index (χ2n) is 7.50. The maximum atomic E-state index is 13.1. The second-order valence-corrected chi connectivity index (χ2v) is 7.82. The van der Waals surface area contributed by atoms with E-state index in [0.717, 1.165) is 37.2 Å². The van der Waals surface area contributed by atoms with Crippen LogP contribution >= 0.6 is 12.6 Å². The first-order valence-corrected chi connectivity index (χ1v) is 10.3. The molecule has 0 aliphatic heterocycles. The topological polar surface area (TPSA) is 58.2 Å². The molecule has 5 heteroatoms. The molecule has 0 bridgehead atoms. The first-order chi connectivity index (χ1) is 12.5. The lowest BCUT2D eigenvalue weighted by atomic mass is 9.70. The zero-order chi connectivity index (χ0) is 19.0. The van der Waals surface area contributed by atoms with Gasteiger partial charge in [0.05, 0.1) is 5.41 Å². The van der Waals surface area contributed by atoms with Crippen molar-refractivity contribution in [3.63, 3.8) is 0 Å². The van der Waals surface area contributed by atoms with E-state index in [-0.39, 0.29) is 11.8 Å². The summed E-state index contributed by atoms with van der Waals surface area (Å²) in [6, 6.07) is 9.24. The zero-order valence-corrected chi connectivity index (χ0v) is 16.9. The average molecular weight is 377 g/mol.